The maximum absolute atomic E-state index is 3.31. The highest BCUT2D eigenvalue weighted by Gasteiger charge is 2.16. The third-order valence-corrected chi connectivity index (χ3v) is 9.38. The van der Waals surface area contributed by atoms with Crippen molar-refractivity contribution in [1.82, 2.24) is 9.13 Å². The lowest BCUT2D eigenvalue weighted by Crippen LogP contribution is -2.05. The lowest BCUT2D eigenvalue weighted by atomic mass is 10.0. The van der Waals surface area contributed by atoms with E-state index in [4.69, 9.17) is 0 Å². The molecule has 10 rings (SSSR count). The molecule has 1 aliphatic carbocycles. The van der Waals surface area contributed by atoms with Crippen LogP contribution in [0.4, 0.5) is 0 Å². The Balaban J connectivity index is 1.12. The lowest BCUT2D eigenvalue weighted by Gasteiger charge is -2.10. The summed E-state index contributed by atoms with van der Waals surface area (Å²) >= 11 is 0. The predicted molar refractivity (Wildman–Crippen MR) is 188 cm³/mol. The zero-order valence-electron chi connectivity index (χ0n) is 24.4. The maximum Gasteiger partial charge on any atom is 0.0541 e. The van der Waals surface area contributed by atoms with Crippen LogP contribution in [0, 0.1) is 0 Å². The zero-order valence-corrected chi connectivity index (χ0v) is 24.4. The minimum atomic E-state index is 1.16. The first-order valence-electron chi connectivity index (χ1n) is 15.4. The van der Waals surface area contributed by atoms with Gasteiger partial charge < -0.3 is 9.13 Å². The Hall–Kier alpha value is -6.08. The molecule has 1 aliphatic rings. The molecule has 0 N–H and O–H groups in total. The normalized spacial score (nSPS) is 12.0. The number of hydrogen-bond acceptors (Lipinski definition) is 0. The molecule has 7 aromatic carbocycles. The largest absolute Gasteiger partial charge is 0.309 e. The fourth-order valence-corrected chi connectivity index (χ4v) is 7.16. The van der Waals surface area contributed by atoms with Crippen molar-refractivity contribution < 1.29 is 0 Å². The van der Waals surface area contributed by atoms with E-state index in [1.54, 1.807) is 0 Å². The van der Waals surface area contributed by atoms with Gasteiger partial charge in [0.25, 0.3) is 0 Å². The molecule has 0 aliphatic heterocycles. The van der Waals surface area contributed by atoms with Crippen LogP contribution in [0.25, 0.3) is 83.0 Å². The third kappa shape index (κ3) is 3.70. The van der Waals surface area contributed by atoms with Gasteiger partial charge in [0.1, 0.15) is 0 Å². The summed E-state index contributed by atoms with van der Waals surface area (Å²) in [7, 11) is 0. The molecule has 0 bridgehead atoms. The van der Waals surface area contributed by atoms with E-state index in [2.05, 4.69) is 173 Å². The second-order valence-electron chi connectivity index (χ2n) is 11.9. The number of fused-ring (bicyclic) bond motifs is 7. The van der Waals surface area contributed by atoms with Crippen molar-refractivity contribution in [2.75, 3.05) is 0 Å². The van der Waals surface area contributed by atoms with Gasteiger partial charge in [-0.3, -0.25) is 0 Å². The van der Waals surface area contributed by atoms with Crippen LogP contribution in [0.3, 0.4) is 0 Å². The van der Waals surface area contributed by atoms with Crippen LogP contribution in [0.15, 0.2) is 158 Å². The van der Waals surface area contributed by atoms with Gasteiger partial charge >= 0.3 is 0 Å². The van der Waals surface area contributed by atoms with Gasteiger partial charge in [0.2, 0.25) is 0 Å². The molecule has 2 aromatic heterocycles. The number of benzene rings is 7. The Labute approximate surface area is 259 Å². The molecule has 0 amide bonds. The second-order valence-corrected chi connectivity index (χ2v) is 11.9. The third-order valence-electron chi connectivity index (χ3n) is 9.38. The average molecular weight is 571 g/mol. The van der Waals surface area contributed by atoms with Crippen LogP contribution in [0.2, 0.25) is 0 Å². The number of hydrogen-bond donors (Lipinski definition) is 0. The quantitative estimate of drug-likeness (QED) is 0.200. The van der Waals surface area contributed by atoms with E-state index in [1.165, 1.54) is 82.0 Å². The van der Waals surface area contributed by atoms with Crippen LogP contribution >= 0.6 is 0 Å². The molecule has 0 saturated carbocycles. The number of aromatic nitrogens is 2. The predicted octanol–water partition coefficient (Wildman–Crippen LogP) is 9.28. The van der Waals surface area contributed by atoms with Crippen LogP contribution < -0.4 is 10.4 Å². The Kier molecular flexibility index (Phi) is 4.99. The highest BCUT2D eigenvalue weighted by Crippen LogP contribution is 2.38. The van der Waals surface area contributed by atoms with Crippen molar-refractivity contribution in [1.29, 1.82) is 0 Å². The summed E-state index contributed by atoms with van der Waals surface area (Å²) in [6.45, 7) is 0. The molecule has 2 nitrogen and oxygen atoms in total. The Morgan fingerprint density at radius 1 is 0.311 bits per heavy atom. The molecule has 0 spiro atoms. The highest BCUT2D eigenvalue weighted by molar-refractivity contribution is 6.12. The van der Waals surface area contributed by atoms with Gasteiger partial charge in [-0.1, -0.05) is 84.9 Å². The first kappa shape index (κ1) is 24.4. The SMILES string of the molecule is C1=c2ccc(-c3ccc(-n4c5ccccc5c5cc(-c6ccc7c(c6)c6ccccc6n7-c6ccccc6)ccc54)cc3)cc2=1. The van der Waals surface area contributed by atoms with E-state index in [9.17, 15) is 0 Å². The number of rotatable bonds is 4. The van der Waals surface area contributed by atoms with Crippen molar-refractivity contribution in [3.05, 3.63) is 168 Å². The zero-order chi connectivity index (χ0) is 29.5. The van der Waals surface area contributed by atoms with Crippen LogP contribution in [-0.2, 0) is 0 Å². The van der Waals surface area contributed by atoms with Gasteiger partial charge in [0.05, 0.1) is 22.1 Å². The average Bonchev–Trinajstić information content (AvgIpc) is 3.72. The van der Waals surface area contributed by atoms with Gasteiger partial charge in [-0.2, -0.15) is 0 Å². The fraction of sp³-hybridized carbons (Fsp3) is 0. The summed E-state index contributed by atoms with van der Waals surface area (Å²) in [4.78, 5) is 0. The van der Waals surface area contributed by atoms with Crippen LogP contribution in [-0.4, -0.2) is 9.13 Å². The first-order valence-corrected chi connectivity index (χ1v) is 15.4. The Morgan fingerprint density at radius 2 is 0.778 bits per heavy atom. The molecule has 0 fully saturated rings. The van der Waals surface area contributed by atoms with E-state index < -0.39 is 0 Å². The van der Waals surface area contributed by atoms with E-state index in [0.29, 0.717) is 0 Å². The standard InChI is InChI=1S/C43H26N2/c1-2-8-34(9-3-1)44-40-12-6-4-10-36(40)38-26-31(18-22-42(38)44)32-19-23-43-39(27-32)37-11-5-7-13-41(37)45(43)35-20-16-28(17-21-35)29-14-15-30-25-33(30)24-29/h1-24,26-27H. The Bertz CT molecular complexity index is 2770. The van der Waals surface area contributed by atoms with Crippen LogP contribution in [0.5, 0.6) is 0 Å². The second kappa shape index (κ2) is 9.21. The van der Waals surface area contributed by atoms with E-state index in [0.717, 1.165) is 5.69 Å². The van der Waals surface area contributed by atoms with Gasteiger partial charge in [-0.05, 0) is 95.1 Å². The number of para-hydroxylation sites is 3. The molecule has 0 saturated heterocycles. The maximum atomic E-state index is 3.31. The summed E-state index contributed by atoms with van der Waals surface area (Å²) < 4.78 is 4.76. The van der Waals surface area contributed by atoms with Gasteiger partial charge in [-0.15, -0.1) is 5.73 Å². The Morgan fingerprint density at radius 3 is 1.38 bits per heavy atom. The summed E-state index contributed by atoms with van der Waals surface area (Å²) in [6.07, 6.45) is 0. The minimum absolute atomic E-state index is 1.16. The number of nitrogens with zero attached hydrogens (tertiary/aromatic N) is 2. The van der Waals surface area contributed by atoms with Crippen LogP contribution in [0.1, 0.15) is 0 Å². The monoisotopic (exact) mass is 570 g/mol. The lowest BCUT2D eigenvalue weighted by molar-refractivity contribution is 1.18. The molecular weight excluding hydrogens is 544 g/mol. The van der Waals surface area contributed by atoms with Crippen molar-refractivity contribution >= 4 is 49.3 Å². The van der Waals surface area contributed by atoms with E-state index in [-0.39, 0.29) is 0 Å². The molecule has 208 valence electrons. The van der Waals surface area contributed by atoms with Crippen molar-refractivity contribution in [3.8, 4) is 33.6 Å². The van der Waals surface area contributed by atoms with Gasteiger partial charge in [-0.25, -0.2) is 0 Å². The topological polar surface area (TPSA) is 9.86 Å². The van der Waals surface area contributed by atoms with Gasteiger partial charge in [0.15, 0.2) is 0 Å². The summed E-state index contributed by atoms with van der Waals surface area (Å²) in [5.74, 6) is 0. The van der Waals surface area contributed by atoms with Crippen molar-refractivity contribution in [3.63, 3.8) is 0 Å². The van der Waals surface area contributed by atoms with Crippen molar-refractivity contribution in [2.24, 2.45) is 0 Å². The minimum Gasteiger partial charge on any atom is -0.309 e. The summed E-state index contributed by atoms with van der Waals surface area (Å²) in [5, 5.41) is 7.52. The smallest absolute Gasteiger partial charge is 0.0541 e. The molecular formula is C43H26N2. The fourth-order valence-electron chi connectivity index (χ4n) is 7.16. The summed E-state index contributed by atoms with van der Waals surface area (Å²) in [6, 6.07) is 57.5. The molecule has 2 heteroatoms. The molecule has 45 heavy (non-hydrogen) atoms. The van der Waals surface area contributed by atoms with E-state index >= 15 is 0 Å². The highest BCUT2D eigenvalue weighted by atomic mass is 15.0. The molecule has 0 unspecified atom stereocenters. The van der Waals surface area contributed by atoms with E-state index in [1.807, 2.05) is 0 Å². The summed E-state index contributed by atoms with van der Waals surface area (Å²) in [5.41, 5.74) is 15.4. The molecule has 9 aromatic rings. The molecule has 0 atom stereocenters. The first-order chi connectivity index (χ1) is 22.3. The van der Waals surface area contributed by atoms with Gasteiger partial charge in [0, 0.05) is 43.4 Å². The molecule has 2 heterocycles. The van der Waals surface area contributed by atoms with Crippen molar-refractivity contribution in [2.45, 2.75) is 0 Å². The molecule has 0 radical (unpaired) electrons.